The van der Waals surface area contributed by atoms with Crippen molar-refractivity contribution in [2.75, 3.05) is 5.32 Å². The van der Waals surface area contributed by atoms with Gasteiger partial charge in [0.25, 0.3) is 5.91 Å². The fourth-order valence-electron chi connectivity index (χ4n) is 2.89. The summed E-state index contributed by atoms with van der Waals surface area (Å²) in [7, 11) is 0. The van der Waals surface area contributed by atoms with Crippen molar-refractivity contribution in [1.82, 2.24) is 4.98 Å². The molecule has 0 aliphatic rings. The summed E-state index contributed by atoms with van der Waals surface area (Å²) < 4.78 is 33.1. The lowest BCUT2D eigenvalue weighted by Gasteiger charge is -2.09. The van der Waals surface area contributed by atoms with Gasteiger partial charge in [-0.2, -0.15) is 0 Å². The van der Waals surface area contributed by atoms with E-state index < -0.39 is 11.6 Å². The van der Waals surface area contributed by atoms with Crippen LogP contribution in [0.3, 0.4) is 0 Å². The number of amides is 1. The molecule has 0 aliphatic carbocycles. The van der Waals surface area contributed by atoms with Gasteiger partial charge < -0.3 is 10.1 Å². The highest BCUT2D eigenvalue weighted by Crippen LogP contribution is 2.28. The summed E-state index contributed by atoms with van der Waals surface area (Å²) in [6, 6.07) is 18.2. The van der Waals surface area contributed by atoms with Gasteiger partial charge in [0.15, 0.2) is 0 Å². The number of thiazole rings is 1. The molecule has 0 atom stereocenters. The largest absolute Gasteiger partial charge is 0.489 e. The van der Waals surface area contributed by atoms with E-state index in [1.165, 1.54) is 29.5 Å². The minimum Gasteiger partial charge on any atom is -0.489 e. The summed E-state index contributed by atoms with van der Waals surface area (Å²) in [6.45, 7) is 1.74. The van der Waals surface area contributed by atoms with Crippen LogP contribution >= 0.6 is 11.3 Å². The minimum atomic E-state index is -0.652. The fourth-order valence-corrected chi connectivity index (χ4v) is 3.68. The van der Waals surface area contributed by atoms with Crippen LogP contribution in [0.25, 0.3) is 10.6 Å². The van der Waals surface area contributed by atoms with E-state index in [9.17, 15) is 13.6 Å². The van der Waals surface area contributed by atoms with Crippen molar-refractivity contribution in [3.8, 4) is 16.3 Å². The van der Waals surface area contributed by atoms with Gasteiger partial charge in [-0.3, -0.25) is 4.79 Å². The molecule has 4 nitrogen and oxygen atoms in total. The summed E-state index contributed by atoms with van der Waals surface area (Å²) in [5.41, 5.74) is 2.72. The maximum atomic E-state index is 13.8. The second-order valence-electron chi connectivity index (χ2n) is 6.87. The van der Waals surface area contributed by atoms with Crippen LogP contribution in [0.5, 0.6) is 5.75 Å². The zero-order chi connectivity index (χ0) is 21.8. The molecular weight excluding hydrogens is 418 g/mol. The number of aryl methyl sites for hydroxylation is 1. The molecule has 3 aromatic carbocycles. The lowest BCUT2D eigenvalue weighted by molar-refractivity contribution is 0.102. The standard InChI is InChI=1S/C24H18F2N2O2S/c1-15-8-10-17(11-9-15)27-23(29)22-14-31-24(28-22)16-4-2-5-18(12-16)30-13-19-20(25)6-3-7-21(19)26/h2-12,14H,13H2,1H3,(H,27,29). The van der Waals surface area contributed by atoms with Crippen LogP contribution in [0, 0.1) is 18.6 Å². The number of carbonyl (C=O) groups is 1. The van der Waals surface area contributed by atoms with Crippen molar-refractivity contribution >= 4 is 22.9 Å². The van der Waals surface area contributed by atoms with Crippen molar-refractivity contribution < 1.29 is 18.3 Å². The number of hydrogen-bond acceptors (Lipinski definition) is 4. The summed E-state index contributed by atoms with van der Waals surface area (Å²) in [4.78, 5) is 16.9. The van der Waals surface area contributed by atoms with Crippen molar-refractivity contribution in [1.29, 1.82) is 0 Å². The lowest BCUT2D eigenvalue weighted by atomic mass is 10.2. The first-order valence-electron chi connectivity index (χ1n) is 9.49. The number of nitrogens with one attached hydrogen (secondary N) is 1. The molecule has 0 unspecified atom stereocenters. The first-order valence-corrected chi connectivity index (χ1v) is 10.4. The lowest BCUT2D eigenvalue weighted by Crippen LogP contribution is -2.12. The Labute approximate surface area is 182 Å². The van der Waals surface area contributed by atoms with Crippen molar-refractivity contribution in [2.24, 2.45) is 0 Å². The van der Waals surface area contributed by atoms with Gasteiger partial charge in [0.05, 0.1) is 5.56 Å². The van der Waals surface area contributed by atoms with Crippen LogP contribution in [0.4, 0.5) is 14.5 Å². The predicted octanol–water partition coefficient (Wildman–Crippen LogP) is 6.23. The van der Waals surface area contributed by atoms with E-state index in [1.807, 2.05) is 37.3 Å². The molecule has 1 amide bonds. The van der Waals surface area contributed by atoms with Crippen molar-refractivity contribution in [2.45, 2.75) is 13.5 Å². The number of benzene rings is 3. The highest BCUT2D eigenvalue weighted by molar-refractivity contribution is 7.13. The van der Waals surface area contributed by atoms with E-state index in [0.717, 1.165) is 11.1 Å². The Kier molecular flexibility index (Phi) is 6.04. The Morgan fingerprint density at radius 2 is 1.74 bits per heavy atom. The van der Waals surface area contributed by atoms with Crippen molar-refractivity contribution in [3.05, 3.63) is 101 Å². The maximum Gasteiger partial charge on any atom is 0.275 e. The molecule has 1 aromatic heterocycles. The SMILES string of the molecule is Cc1ccc(NC(=O)c2csc(-c3cccc(OCc4c(F)cccc4F)c3)n2)cc1. The Bertz CT molecular complexity index is 1200. The molecule has 1 N–H and O–H groups in total. The Morgan fingerprint density at radius 3 is 2.48 bits per heavy atom. The molecule has 0 spiro atoms. The van der Waals surface area contributed by atoms with Crippen LogP contribution in [0.2, 0.25) is 0 Å². The summed E-state index contributed by atoms with van der Waals surface area (Å²) >= 11 is 1.32. The molecule has 31 heavy (non-hydrogen) atoms. The Hall–Kier alpha value is -3.58. The van der Waals surface area contributed by atoms with Gasteiger partial charge in [-0.1, -0.05) is 35.9 Å². The van der Waals surface area contributed by atoms with E-state index in [4.69, 9.17) is 4.74 Å². The summed E-state index contributed by atoms with van der Waals surface area (Å²) in [5, 5.41) is 5.14. The molecule has 4 aromatic rings. The monoisotopic (exact) mass is 436 g/mol. The van der Waals surface area contributed by atoms with Gasteiger partial charge in [0.2, 0.25) is 0 Å². The van der Waals surface area contributed by atoms with Gasteiger partial charge in [-0.15, -0.1) is 11.3 Å². The number of carbonyl (C=O) groups excluding carboxylic acids is 1. The van der Waals surface area contributed by atoms with Gasteiger partial charge in [0.1, 0.15) is 34.7 Å². The topological polar surface area (TPSA) is 51.2 Å². The number of nitrogens with zero attached hydrogens (tertiary/aromatic N) is 1. The zero-order valence-electron chi connectivity index (χ0n) is 16.6. The zero-order valence-corrected chi connectivity index (χ0v) is 17.4. The van der Waals surface area contributed by atoms with Gasteiger partial charge in [0, 0.05) is 16.6 Å². The molecule has 1 heterocycles. The molecule has 0 fully saturated rings. The van der Waals surface area contributed by atoms with E-state index in [1.54, 1.807) is 23.6 Å². The summed E-state index contributed by atoms with van der Waals surface area (Å²) in [6.07, 6.45) is 0. The number of ether oxygens (including phenoxy) is 1. The van der Waals surface area contributed by atoms with Crippen LogP contribution in [-0.2, 0) is 6.61 Å². The fraction of sp³-hybridized carbons (Fsp3) is 0.0833. The quantitative estimate of drug-likeness (QED) is 0.390. The minimum absolute atomic E-state index is 0.128. The van der Waals surface area contributed by atoms with E-state index in [2.05, 4.69) is 10.3 Å². The molecule has 0 saturated heterocycles. The number of hydrogen-bond donors (Lipinski definition) is 1. The predicted molar refractivity (Wildman–Crippen MR) is 117 cm³/mol. The average Bonchev–Trinajstić information content (AvgIpc) is 3.26. The van der Waals surface area contributed by atoms with Gasteiger partial charge >= 0.3 is 0 Å². The highest BCUT2D eigenvalue weighted by atomic mass is 32.1. The average molecular weight is 436 g/mol. The normalized spacial score (nSPS) is 10.7. The third-order valence-corrected chi connectivity index (χ3v) is 5.46. The van der Waals surface area contributed by atoms with Crippen molar-refractivity contribution in [3.63, 3.8) is 0 Å². The molecule has 7 heteroatoms. The molecule has 0 radical (unpaired) electrons. The van der Waals surface area contributed by atoms with Crippen LogP contribution in [-0.4, -0.2) is 10.9 Å². The maximum absolute atomic E-state index is 13.8. The van der Waals surface area contributed by atoms with E-state index in [-0.39, 0.29) is 18.1 Å². The smallest absolute Gasteiger partial charge is 0.275 e. The van der Waals surface area contributed by atoms with Gasteiger partial charge in [-0.25, -0.2) is 13.8 Å². The second kappa shape index (κ2) is 9.06. The first kappa shape index (κ1) is 20.7. The first-order chi connectivity index (χ1) is 15.0. The van der Waals surface area contributed by atoms with E-state index in [0.29, 0.717) is 22.1 Å². The number of halogens is 2. The van der Waals surface area contributed by atoms with Gasteiger partial charge in [-0.05, 0) is 43.3 Å². The molecule has 4 rings (SSSR count). The number of aromatic nitrogens is 1. The second-order valence-corrected chi connectivity index (χ2v) is 7.73. The Balaban J connectivity index is 1.46. The number of rotatable bonds is 6. The third kappa shape index (κ3) is 4.95. The molecule has 156 valence electrons. The Morgan fingerprint density at radius 1 is 1.03 bits per heavy atom. The van der Waals surface area contributed by atoms with Crippen LogP contribution in [0.1, 0.15) is 21.6 Å². The molecule has 0 aliphatic heterocycles. The molecular formula is C24H18F2N2O2S. The van der Waals surface area contributed by atoms with Crippen LogP contribution < -0.4 is 10.1 Å². The third-order valence-electron chi connectivity index (χ3n) is 4.57. The summed E-state index contributed by atoms with van der Waals surface area (Å²) in [5.74, 6) is -1.16. The highest BCUT2D eigenvalue weighted by Gasteiger charge is 2.13. The van der Waals surface area contributed by atoms with E-state index >= 15 is 0 Å². The number of anilines is 1. The van der Waals surface area contributed by atoms with Crippen LogP contribution in [0.15, 0.2) is 72.1 Å². The molecule has 0 bridgehead atoms. The molecule has 0 saturated carbocycles.